The number of carbonyl (C=O) groups is 2. The summed E-state index contributed by atoms with van der Waals surface area (Å²) in [4.78, 5) is 28.7. The minimum Gasteiger partial charge on any atom is -0.293 e. The minimum absolute atomic E-state index is 0.0402. The molecule has 2 heterocycles. The van der Waals surface area contributed by atoms with E-state index < -0.39 is 0 Å². The van der Waals surface area contributed by atoms with Crippen molar-refractivity contribution in [2.75, 3.05) is 0 Å². The van der Waals surface area contributed by atoms with Gasteiger partial charge in [0.15, 0.2) is 11.6 Å². The number of hydrogen-bond donors (Lipinski definition) is 0. The molecule has 2 aromatic heterocycles. The first-order valence-electron chi connectivity index (χ1n) is 13.9. The van der Waals surface area contributed by atoms with Gasteiger partial charge in [-0.05, 0) is 59.0 Å². The Morgan fingerprint density at radius 1 is 0.475 bits per heavy atom. The first-order valence-corrected chi connectivity index (χ1v) is 15.7. The molecule has 0 saturated heterocycles. The molecule has 0 aliphatic heterocycles. The molecule has 6 atom stereocenters. The molecule has 4 heteroatoms. The standard InChI is InChI=1S/C36H30O2S2/c1-21-7-11-23(12-8-21)29-31(33(29)35(37)27-5-3-19-39-27)25-15-17-26(18-16-25)32-30(24-13-9-22(2)10-14-24)34(32)36(38)28-6-4-20-40-28/h3-20,29-34H,1-2H3. The second-order valence-corrected chi connectivity index (χ2v) is 13.2. The van der Waals surface area contributed by atoms with Gasteiger partial charge in [-0.2, -0.15) is 0 Å². The van der Waals surface area contributed by atoms with Crippen LogP contribution in [0.25, 0.3) is 0 Å². The summed E-state index contributed by atoms with van der Waals surface area (Å²) in [5.74, 6) is 1.13. The summed E-state index contributed by atoms with van der Waals surface area (Å²) in [5.41, 5.74) is 7.34. The summed E-state index contributed by atoms with van der Waals surface area (Å²) in [6.07, 6.45) is 0. The molecule has 0 spiro atoms. The average Bonchev–Trinajstić information content (AvgIpc) is 3.68. The molecule has 0 amide bonds. The maximum absolute atomic E-state index is 13.5. The molecule has 6 unspecified atom stereocenters. The number of benzene rings is 3. The molecule has 2 fully saturated rings. The van der Waals surface area contributed by atoms with Gasteiger partial charge >= 0.3 is 0 Å². The van der Waals surface area contributed by atoms with Crippen LogP contribution in [0.2, 0.25) is 0 Å². The van der Waals surface area contributed by atoms with Gasteiger partial charge in [0.25, 0.3) is 0 Å². The zero-order chi connectivity index (χ0) is 27.4. The molecule has 2 saturated carbocycles. The van der Waals surface area contributed by atoms with Gasteiger partial charge in [0, 0.05) is 35.5 Å². The highest BCUT2D eigenvalue weighted by molar-refractivity contribution is 7.12. The first kappa shape index (κ1) is 25.4. The van der Waals surface area contributed by atoms with Crippen molar-refractivity contribution >= 4 is 34.2 Å². The van der Waals surface area contributed by atoms with E-state index in [0.717, 1.165) is 9.75 Å². The van der Waals surface area contributed by atoms with E-state index in [1.165, 1.54) is 56.1 Å². The zero-order valence-corrected chi connectivity index (χ0v) is 24.1. The molecular formula is C36H30O2S2. The van der Waals surface area contributed by atoms with Crippen LogP contribution in [0, 0.1) is 25.7 Å². The molecular weight excluding hydrogens is 529 g/mol. The molecule has 2 aliphatic rings. The summed E-state index contributed by atoms with van der Waals surface area (Å²) in [6, 6.07) is 33.9. The quantitative estimate of drug-likeness (QED) is 0.178. The summed E-state index contributed by atoms with van der Waals surface area (Å²) in [5, 5.41) is 3.96. The van der Waals surface area contributed by atoms with Crippen LogP contribution >= 0.6 is 22.7 Å². The summed E-state index contributed by atoms with van der Waals surface area (Å²) in [7, 11) is 0. The highest BCUT2D eigenvalue weighted by atomic mass is 32.1. The SMILES string of the molecule is Cc1ccc(C2C(C(=O)c3cccs3)C2c2ccc(C3C(C(=O)c4cccs4)C3c3ccc(C)cc3)cc2)cc1. The van der Waals surface area contributed by atoms with E-state index in [-0.39, 0.29) is 47.1 Å². The molecule has 40 heavy (non-hydrogen) atoms. The topological polar surface area (TPSA) is 34.1 Å². The van der Waals surface area contributed by atoms with E-state index in [2.05, 4.69) is 86.6 Å². The molecule has 2 nitrogen and oxygen atoms in total. The van der Waals surface area contributed by atoms with Crippen molar-refractivity contribution in [1.29, 1.82) is 0 Å². The van der Waals surface area contributed by atoms with Crippen molar-refractivity contribution in [3.8, 4) is 0 Å². The van der Waals surface area contributed by atoms with Gasteiger partial charge < -0.3 is 0 Å². The second-order valence-electron chi connectivity index (χ2n) is 11.3. The van der Waals surface area contributed by atoms with Crippen molar-refractivity contribution in [3.63, 3.8) is 0 Å². The number of rotatable bonds is 8. The van der Waals surface area contributed by atoms with Crippen molar-refractivity contribution in [1.82, 2.24) is 0 Å². The number of thiophene rings is 2. The van der Waals surface area contributed by atoms with Gasteiger partial charge in [0.05, 0.1) is 9.75 Å². The number of hydrogen-bond acceptors (Lipinski definition) is 4. The largest absolute Gasteiger partial charge is 0.293 e. The van der Waals surface area contributed by atoms with Gasteiger partial charge in [-0.1, -0.05) is 96.1 Å². The van der Waals surface area contributed by atoms with Gasteiger partial charge in [-0.15, -0.1) is 22.7 Å². The molecule has 5 aromatic rings. The normalized spacial score (nSPS) is 24.9. The maximum atomic E-state index is 13.5. The number of carbonyl (C=O) groups excluding carboxylic acids is 2. The number of aryl methyl sites for hydroxylation is 2. The Kier molecular flexibility index (Phi) is 6.41. The molecule has 0 N–H and O–H groups in total. The van der Waals surface area contributed by atoms with Crippen LogP contribution in [-0.2, 0) is 0 Å². The fourth-order valence-electron chi connectivity index (χ4n) is 6.62. The van der Waals surface area contributed by atoms with Gasteiger partial charge in [0.1, 0.15) is 0 Å². The molecule has 2 aliphatic carbocycles. The van der Waals surface area contributed by atoms with Crippen LogP contribution in [0.3, 0.4) is 0 Å². The Balaban J connectivity index is 1.19. The molecule has 198 valence electrons. The Bertz CT molecular complexity index is 1520. The summed E-state index contributed by atoms with van der Waals surface area (Å²) >= 11 is 3.06. The lowest BCUT2D eigenvalue weighted by molar-refractivity contribution is 0.0959. The second kappa shape index (κ2) is 10.1. The van der Waals surface area contributed by atoms with Crippen LogP contribution < -0.4 is 0 Å². The molecule has 7 rings (SSSR count). The summed E-state index contributed by atoms with van der Waals surface area (Å²) < 4.78 is 0. The Morgan fingerprint density at radius 3 is 1.05 bits per heavy atom. The fraction of sp³-hybridized carbons (Fsp3) is 0.222. The monoisotopic (exact) mass is 558 g/mol. The average molecular weight is 559 g/mol. The fourth-order valence-corrected chi connectivity index (χ4v) is 8.04. The Hall–Kier alpha value is -3.60. The molecule has 0 bridgehead atoms. The van der Waals surface area contributed by atoms with E-state index in [9.17, 15) is 9.59 Å². The van der Waals surface area contributed by atoms with E-state index in [0.29, 0.717) is 0 Å². The highest BCUT2D eigenvalue weighted by Gasteiger charge is 2.57. The van der Waals surface area contributed by atoms with Crippen LogP contribution in [0.5, 0.6) is 0 Å². The lowest BCUT2D eigenvalue weighted by Crippen LogP contribution is -2.02. The van der Waals surface area contributed by atoms with E-state index in [1.807, 2.05) is 35.0 Å². The predicted molar refractivity (Wildman–Crippen MR) is 164 cm³/mol. The Labute approximate surface area is 243 Å². The smallest absolute Gasteiger partial charge is 0.177 e. The number of Topliss-reactive ketones (excluding diaryl/α,β-unsaturated/α-hetero) is 2. The van der Waals surface area contributed by atoms with E-state index in [4.69, 9.17) is 0 Å². The van der Waals surface area contributed by atoms with E-state index in [1.54, 1.807) is 0 Å². The Morgan fingerprint density at radius 2 is 0.775 bits per heavy atom. The van der Waals surface area contributed by atoms with Crippen LogP contribution in [0.4, 0.5) is 0 Å². The van der Waals surface area contributed by atoms with Crippen molar-refractivity contribution in [2.24, 2.45) is 11.8 Å². The first-order chi connectivity index (χ1) is 19.5. The maximum Gasteiger partial charge on any atom is 0.177 e. The lowest BCUT2D eigenvalue weighted by atomic mass is 9.99. The van der Waals surface area contributed by atoms with Crippen LogP contribution in [-0.4, -0.2) is 11.6 Å². The molecule has 0 radical (unpaired) electrons. The van der Waals surface area contributed by atoms with Gasteiger partial charge in [-0.25, -0.2) is 0 Å². The van der Waals surface area contributed by atoms with Crippen LogP contribution in [0.1, 0.15) is 76.4 Å². The molecule has 3 aromatic carbocycles. The van der Waals surface area contributed by atoms with Crippen molar-refractivity contribution in [2.45, 2.75) is 37.5 Å². The van der Waals surface area contributed by atoms with Gasteiger partial charge in [-0.3, -0.25) is 9.59 Å². The highest BCUT2D eigenvalue weighted by Crippen LogP contribution is 2.64. The van der Waals surface area contributed by atoms with Gasteiger partial charge in [0.2, 0.25) is 0 Å². The lowest BCUT2D eigenvalue weighted by Gasteiger charge is -2.05. The third-order valence-electron chi connectivity index (χ3n) is 8.80. The number of ketones is 2. The third kappa shape index (κ3) is 4.49. The van der Waals surface area contributed by atoms with E-state index >= 15 is 0 Å². The predicted octanol–water partition coefficient (Wildman–Crippen LogP) is 9.19. The van der Waals surface area contributed by atoms with Crippen LogP contribution in [0.15, 0.2) is 108 Å². The zero-order valence-electron chi connectivity index (χ0n) is 22.5. The summed E-state index contributed by atoms with van der Waals surface area (Å²) in [6.45, 7) is 4.19. The van der Waals surface area contributed by atoms with Crippen molar-refractivity contribution < 1.29 is 9.59 Å². The minimum atomic E-state index is -0.0402. The van der Waals surface area contributed by atoms with Crippen molar-refractivity contribution in [3.05, 3.63) is 151 Å². The third-order valence-corrected chi connectivity index (χ3v) is 10.6.